The van der Waals surface area contributed by atoms with E-state index in [-0.39, 0.29) is 11.8 Å². The maximum Gasteiger partial charge on any atom is 0.220 e. The Hall–Kier alpha value is -1.06. The monoisotopic (exact) mass is 382 g/mol. The predicted octanol–water partition coefficient (Wildman–Crippen LogP) is 5.31. The molecule has 0 saturated heterocycles. The molecule has 0 saturated carbocycles. The van der Waals surface area contributed by atoms with Gasteiger partial charge in [-0.2, -0.15) is 0 Å². The molecule has 2 unspecified atom stereocenters. The fourth-order valence-electron chi connectivity index (χ4n) is 3.05. The minimum absolute atomic E-state index is 0.189. The molecule has 2 N–H and O–H groups in total. The Morgan fingerprint density at radius 2 is 1.15 bits per heavy atom. The van der Waals surface area contributed by atoms with Crippen molar-refractivity contribution in [3.8, 4) is 0 Å². The second-order valence-corrected chi connectivity index (χ2v) is 9.32. The topological polar surface area (TPSA) is 58.2 Å². The predicted molar refractivity (Wildman–Crippen MR) is 116 cm³/mol. The molecule has 0 spiro atoms. The van der Waals surface area contributed by atoms with Crippen LogP contribution in [0.15, 0.2) is 0 Å². The molecule has 4 nitrogen and oxygen atoms in total. The van der Waals surface area contributed by atoms with Crippen molar-refractivity contribution in [3.05, 3.63) is 0 Å². The summed E-state index contributed by atoms with van der Waals surface area (Å²) in [6.07, 6.45) is 9.07. The van der Waals surface area contributed by atoms with E-state index in [0.29, 0.717) is 36.5 Å². The summed E-state index contributed by atoms with van der Waals surface area (Å²) in [5, 5.41) is 6.06. The first-order valence-corrected chi connectivity index (χ1v) is 11.2. The molecule has 160 valence electrons. The van der Waals surface area contributed by atoms with Crippen LogP contribution in [0, 0.1) is 23.7 Å². The van der Waals surface area contributed by atoms with Gasteiger partial charge in [0.15, 0.2) is 0 Å². The highest BCUT2D eigenvalue weighted by atomic mass is 16.2. The second kappa shape index (κ2) is 15.9. The van der Waals surface area contributed by atoms with Crippen molar-refractivity contribution < 1.29 is 9.59 Å². The summed E-state index contributed by atoms with van der Waals surface area (Å²) in [7, 11) is 0. The number of hydrogen-bond donors (Lipinski definition) is 2. The third-order valence-corrected chi connectivity index (χ3v) is 5.04. The highest BCUT2D eigenvalue weighted by Gasteiger charge is 2.09. The van der Waals surface area contributed by atoms with Crippen LogP contribution in [0.3, 0.4) is 0 Å². The quantitative estimate of drug-likeness (QED) is 0.355. The highest BCUT2D eigenvalue weighted by molar-refractivity contribution is 5.76. The first-order chi connectivity index (χ1) is 12.7. The molecule has 0 aliphatic rings. The van der Waals surface area contributed by atoms with Gasteiger partial charge in [0, 0.05) is 25.9 Å². The number of nitrogens with one attached hydrogen (secondary N) is 2. The Morgan fingerprint density at radius 1 is 0.593 bits per heavy atom. The third kappa shape index (κ3) is 18.1. The zero-order valence-electron chi connectivity index (χ0n) is 18.9. The van der Waals surface area contributed by atoms with Crippen LogP contribution in [0.5, 0.6) is 0 Å². The van der Waals surface area contributed by atoms with Crippen LogP contribution in [0.25, 0.3) is 0 Å². The van der Waals surface area contributed by atoms with Gasteiger partial charge in [-0.1, -0.05) is 67.2 Å². The Labute approximate surface area is 168 Å². The molecule has 2 amide bonds. The number of rotatable bonds is 16. The lowest BCUT2D eigenvalue weighted by Crippen LogP contribution is -2.28. The summed E-state index contributed by atoms with van der Waals surface area (Å²) < 4.78 is 0. The van der Waals surface area contributed by atoms with E-state index in [0.717, 1.165) is 45.2 Å². The van der Waals surface area contributed by atoms with Crippen LogP contribution in [0.1, 0.15) is 99.3 Å². The van der Waals surface area contributed by atoms with Crippen LogP contribution >= 0.6 is 0 Å². The summed E-state index contributed by atoms with van der Waals surface area (Å²) in [4.78, 5) is 23.5. The van der Waals surface area contributed by atoms with Crippen molar-refractivity contribution in [2.75, 3.05) is 13.1 Å². The maximum atomic E-state index is 11.8. The lowest BCUT2D eigenvalue weighted by atomic mass is 9.93. The van der Waals surface area contributed by atoms with E-state index in [1.165, 1.54) is 12.8 Å². The average molecular weight is 383 g/mol. The minimum Gasteiger partial charge on any atom is -0.356 e. The summed E-state index contributed by atoms with van der Waals surface area (Å²) in [5.41, 5.74) is 0. The third-order valence-electron chi connectivity index (χ3n) is 5.04. The maximum absolute atomic E-state index is 11.8. The fraction of sp³-hybridized carbons (Fsp3) is 0.913. The summed E-state index contributed by atoms with van der Waals surface area (Å²) in [6, 6.07) is 0. The average Bonchev–Trinajstić information content (AvgIpc) is 2.59. The molecule has 4 heteroatoms. The van der Waals surface area contributed by atoms with Crippen molar-refractivity contribution in [1.29, 1.82) is 0 Å². The van der Waals surface area contributed by atoms with Crippen LogP contribution < -0.4 is 10.6 Å². The van der Waals surface area contributed by atoms with E-state index in [1.807, 2.05) is 0 Å². The molecule has 0 radical (unpaired) electrons. The number of unbranched alkanes of at least 4 members (excludes halogenated alkanes) is 1. The van der Waals surface area contributed by atoms with Gasteiger partial charge in [-0.15, -0.1) is 0 Å². The zero-order valence-corrected chi connectivity index (χ0v) is 18.9. The normalized spacial score (nSPS) is 13.6. The van der Waals surface area contributed by atoms with Crippen molar-refractivity contribution in [2.45, 2.75) is 99.3 Å². The van der Waals surface area contributed by atoms with Gasteiger partial charge in [-0.05, 0) is 42.9 Å². The number of hydrogen-bond acceptors (Lipinski definition) is 2. The molecule has 0 aromatic rings. The molecule has 2 atom stereocenters. The molecular formula is C23H46N2O2. The Bertz CT molecular complexity index is 394. The first kappa shape index (κ1) is 25.9. The highest BCUT2D eigenvalue weighted by Crippen LogP contribution is 2.18. The van der Waals surface area contributed by atoms with Crippen LogP contribution in [0.4, 0.5) is 0 Å². The smallest absolute Gasteiger partial charge is 0.220 e. The second-order valence-electron chi connectivity index (χ2n) is 9.32. The fourth-order valence-corrected chi connectivity index (χ4v) is 3.05. The van der Waals surface area contributed by atoms with Gasteiger partial charge in [-0.25, -0.2) is 0 Å². The van der Waals surface area contributed by atoms with Crippen molar-refractivity contribution in [2.24, 2.45) is 23.7 Å². The van der Waals surface area contributed by atoms with Gasteiger partial charge in [0.05, 0.1) is 0 Å². The van der Waals surface area contributed by atoms with E-state index in [4.69, 9.17) is 0 Å². The largest absolute Gasteiger partial charge is 0.356 e. The molecule has 0 heterocycles. The summed E-state index contributed by atoms with van der Waals surface area (Å²) in [6.45, 7) is 14.7. The molecule has 0 aliphatic carbocycles. The number of amides is 2. The first-order valence-electron chi connectivity index (χ1n) is 11.2. The van der Waals surface area contributed by atoms with Crippen molar-refractivity contribution >= 4 is 11.8 Å². The van der Waals surface area contributed by atoms with Gasteiger partial charge in [0.1, 0.15) is 0 Å². The standard InChI is InChI=1S/C23H46N2O2/c1-18(2)10-9-13-23(27)25-17-21(6)15-14-20(5)11-7-8-12-22(26)24-16-19(3)4/h18-21H,7-17H2,1-6H3,(H,24,26)(H,25,27). The summed E-state index contributed by atoms with van der Waals surface area (Å²) in [5.74, 6) is 2.80. The van der Waals surface area contributed by atoms with Gasteiger partial charge in [-0.3, -0.25) is 9.59 Å². The molecule has 0 aromatic carbocycles. The molecule has 0 aliphatic heterocycles. The molecule has 27 heavy (non-hydrogen) atoms. The molecule has 0 fully saturated rings. The van der Waals surface area contributed by atoms with E-state index >= 15 is 0 Å². The minimum atomic E-state index is 0.189. The lowest BCUT2D eigenvalue weighted by molar-refractivity contribution is -0.122. The van der Waals surface area contributed by atoms with E-state index in [2.05, 4.69) is 52.2 Å². The van der Waals surface area contributed by atoms with E-state index < -0.39 is 0 Å². The number of carbonyl (C=O) groups excluding carboxylic acids is 2. The molecular weight excluding hydrogens is 336 g/mol. The van der Waals surface area contributed by atoms with Gasteiger partial charge in [0.2, 0.25) is 11.8 Å². The van der Waals surface area contributed by atoms with Crippen LogP contribution in [-0.2, 0) is 9.59 Å². The SMILES string of the molecule is CC(C)CCCC(=O)NCC(C)CCC(C)CCCCC(=O)NCC(C)C. The Balaban J connectivity index is 3.63. The number of carbonyl (C=O) groups is 2. The molecule has 0 rings (SSSR count). The van der Waals surface area contributed by atoms with Crippen molar-refractivity contribution in [3.63, 3.8) is 0 Å². The Morgan fingerprint density at radius 3 is 1.74 bits per heavy atom. The lowest BCUT2D eigenvalue weighted by Gasteiger charge is -2.16. The van der Waals surface area contributed by atoms with Gasteiger partial charge in [0.25, 0.3) is 0 Å². The molecule has 0 bridgehead atoms. The summed E-state index contributed by atoms with van der Waals surface area (Å²) >= 11 is 0. The van der Waals surface area contributed by atoms with Gasteiger partial charge < -0.3 is 10.6 Å². The van der Waals surface area contributed by atoms with Gasteiger partial charge >= 0.3 is 0 Å². The van der Waals surface area contributed by atoms with E-state index in [1.54, 1.807) is 0 Å². The zero-order chi connectivity index (χ0) is 20.7. The van der Waals surface area contributed by atoms with E-state index in [9.17, 15) is 9.59 Å². The van der Waals surface area contributed by atoms with Crippen LogP contribution in [-0.4, -0.2) is 24.9 Å². The van der Waals surface area contributed by atoms with Crippen molar-refractivity contribution in [1.82, 2.24) is 10.6 Å². The molecule has 0 aromatic heterocycles. The van der Waals surface area contributed by atoms with Crippen LogP contribution in [0.2, 0.25) is 0 Å². The Kier molecular flexibility index (Phi) is 15.3.